The predicted octanol–water partition coefficient (Wildman–Crippen LogP) is 4.21. The summed E-state index contributed by atoms with van der Waals surface area (Å²) in [7, 11) is 0. The number of carbonyl (C=O) groups is 1. The molecule has 0 radical (unpaired) electrons. The van der Waals surface area contributed by atoms with Gasteiger partial charge in [-0.3, -0.25) is 9.36 Å². The van der Waals surface area contributed by atoms with Gasteiger partial charge < -0.3 is 9.73 Å². The van der Waals surface area contributed by atoms with Gasteiger partial charge in [0, 0.05) is 12.2 Å². The van der Waals surface area contributed by atoms with E-state index in [0.29, 0.717) is 16.0 Å². The highest BCUT2D eigenvalue weighted by atomic mass is 35.5. The Kier molecular flexibility index (Phi) is 5.63. The van der Waals surface area contributed by atoms with Gasteiger partial charge in [-0.25, -0.2) is 4.98 Å². The van der Waals surface area contributed by atoms with Crippen molar-refractivity contribution in [2.45, 2.75) is 32.0 Å². The zero-order valence-corrected chi connectivity index (χ0v) is 16.1. The molecular formula is C17H18ClN5O2S. The lowest BCUT2D eigenvalue weighted by Gasteiger charge is -2.13. The number of pyridine rings is 1. The van der Waals surface area contributed by atoms with Crippen LogP contribution in [0.25, 0.3) is 11.4 Å². The summed E-state index contributed by atoms with van der Waals surface area (Å²) in [5.41, 5.74) is 0.896. The molecule has 0 bridgehead atoms. The van der Waals surface area contributed by atoms with Gasteiger partial charge >= 0.3 is 0 Å². The van der Waals surface area contributed by atoms with Gasteiger partial charge in [-0.2, -0.15) is 0 Å². The minimum atomic E-state index is -0.177. The van der Waals surface area contributed by atoms with E-state index in [9.17, 15) is 4.79 Å². The van der Waals surface area contributed by atoms with Crippen molar-refractivity contribution in [2.75, 3.05) is 11.1 Å². The van der Waals surface area contributed by atoms with Crippen LogP contribution in [0.2, 0.25) is 5.02 Å². The van der Waals surface area contributed by atoms with Crippen LogP contribution < -0.4 is 5.32 Å². The van der Waals surface area contributed by atoms with Crippen LogP contribution in [-0.2, 0) is 4.79 Å². The topological polar surface area (TPSA) is 85.8 Å². The molecule has 3 aromatic heterocycles. The Labute approximate surface area is 160 Å². The average Bonchev–Trinajstić information content (AvgIpc) is 3.20. The largest absolute Gasteiger partial charge is 0.469 e. The zero-order chi connectivity index (χ0) is 18.7. The summed E-state index contributed by atoms with van der Waals surface area (Å²) in [5.74, 6) is 1.99. The third-order valence-electron chi connectivity index (χ3n) is 3.61. The molecule has 1 N–H and O–H groups in total. The van der Waals surface area contributed by atoms with Crippen LogP contribution in [0.5, 0.6) is 0 Å². The van der Waals surface area contributed by atoms with Crippen LogP contribution in [0.1, 0.15) is 25.6 Å². The number of carbonyl (C=O) groups excluding carboxylic acids is 1. The standard InChI is InChI=1S/C17H18ClN5O2S/c1-10(2)23-16(13-6-7-25-11(13)3)21-22-17(23)26-9-15(24)20-14-5-4-12(18)8-19-14/h4-8,10H,9H2,1-3H3,(H,19,20,24). The Morgan fingerprint density at radius 3 is 2.77 bits per heavy atom. The van der Waals surface area contributed by atoms with Crippen molar-refractivity contribution in [2.24, 2.45) is 0 Å². The van der Waals surface area contributed by atoms with E-state index in [1.807, 2.05) is 31.4 Å². The fraction of sp³-hybridized carbons (Fsp3) is 0.294. The molecule has 0 saturated carbocycles. The molecule has 0 unspecified atom stereocenters. The molecule has 0 aliphatic rings. The molecule has 0 atom stereocenters. The third-order valence-corrected chi connectivity index (χ3v) is 4.77. The van der Waals surface area contributed by atoms with Gasteiger partial charge in [0.1, 0.15) is 11.6 Å². The smallest absolute Gasteiger partial charge is 0.236 e. The summed E-state index contributed by atoms with van der Waals surface area (Å²) >= 11 is 7.11. The van der Waals surface area contributed by atoms with Gasteiger partial charge in [0.25, 0.3) is 0 Å². The normalized spacial score (nSPS) is 11.1. The first-order valence-corrected chi connectivity index (χ1v) is 9.35. The van der Waals surface area contributed by atoms with E-state index in [0.717, 1.165) is 17.1 Å². The van der Waals surface area contributed by atoms with Crippen molar-refractivity contribution in [1.82, 2.24) is 19.7 Å². The number of halogens is 1. The first kappa shape index (κ1) is 18.5. The lowest BCUT2D eigenvalue weighted by Crippen LogP contribution is -2.15. The summed E-state index contributed by atoms with van der Waals surface area (Å²) in [6.07, 6.45) is 3.11. The highest BCUT2D eigenvalue weighted by Gasteiger charge is 2.20. The SMILES string of the molecule is Cc1occc1-c1nnc(SCC(=O)Nc2ccc(Cl)cn2)n1C(C)C. The van der Waals surface area contributed by atoms with Gasteiger partial charge in [0.15, 0.2) is 11.0 Å². The predicted molar refractivity (Wildman–Crippen MR) is 101 cm³/mol. The lowest BCUT2D eigenvalue weighted by molar-refractivity contribution is -0.113. The van der Waals surface area contributed by atoms with E-state index in [2.05, 4.69) is 20.5 Å². The van der Waals surface area contributed by atoms with E-state index in [-0.39, 0.29) is 17.7 Å². The Balaban J connectivity index is 1.72. The van der Waals surface area contributed by atoms with Crippen molar-refractivity contribution in [3.63, 3.8) is 0 Å². The van der Waals surface area contributed by atoms with E-state index in [1.54, 1.807) is 18.4 Å². The molecule has 26 heavy (non-hydrogen) atoms. The number of anilines is 1. The number of nitrogens with zero attached hydrogens (tertiary/aromatic N) is 4. The molecule has 1 amide bonds. The van der Waals surface area contributed by atoms with Crippen molar-refractivity contribution < 1.29 is 9.21 Å². The second kappa shape index (κ2) is 7.92. The Bertz CT molecular complexity index is 904. The molecule has 0 aliphatic heterocycles. The van der Waals surface area contributed by atoms with Crippen LogP contribution in [0, 0.1) is 6.92 Å². The number of amides is 1. The minimum absolute atomic E-state index is 0.137. The minimum Gasteiger partial charge on any atom is -0.469 e. The van der Waals surface area contributed by atoms with E-state index in [1.165, 1.54) is 18.0 Å². The molecule has 0 spiro atoms. The molecule has 3 heterocycles. The number of hydrogen-bond donors (Lipinski definition) is 1. The number of nitrogens with one attached hydrogen (secondary N) is 1. The van der Waals surface area contributed by atoms with Crippen LogP contribution in [0.3, 0.4) is 0 Å². The summed E-state index contributed by atoms with van der Waals surface area (Å²) < 4.78 is 7.36. The Hall–Kier alpha value is -2.32. The molecule has 3 aromatic rings. The molecule has 136 valence electrons. The van der Waals surface area contributed by atoms with Crippen LogP contribution in [0.4, 0.5) is 5.82 Å². The Morgan fingerprint density at radius 1 is 1.35 bits per heavy atom. The first-order valence-electron chi connectivity index (χ1n) is 7.99. The molecule has 0 fully saturated rings. The highest BCUT2D eigenvalue weighted by Crippen LogP contribution is 2.30. The first-order chi connectivity index (χ1) is 12.5. The third kappa shape index (κ3) is 4.08. The van der Waals surface area contributed by atoms with Gasteiger partial charge in [0.2, 0.25) is 5.91 Å². The monoisotopic (exact) mass is 391 g/mol. The van der Waals surface area contributed by atoms with Crippen LogP contribution >= 0.6 is 23.4 Å². The lowest BCUT2D eigenvalue weighted by atomic mass is 10.2. The summed E-state index contributed by atoms with van der Waals surface area (Å²) in [6, 6.07) is 5.33. The maximum absolute atomic E-state index is 12.2. The molecule has 0 saturated heterocycles. The van der Waals surface area contributed by atoms with Gasteiger partial charge in [0.05, 0.1) is 22.6 Å². The number of hydrogen-bond acceptors (Lipinski definition) is 6. The molecular weight excluding hydrogens is 374 g/mol. The van der Waals surface area contributed by atoms with Crippen molar-refractivity contribution in [1.29, 1.82) is 0 Å². The number of aryl methyl sites for hydroxylation is 1. The van der Waals surface area contributed by atoms with E-state index in [4.69, 9.17) is 16.0 Å². The maximum Gasteiger partial charge on any atom is 0.236 e. The van der Waals surface area contributed by atoms with Crippen molar-refractivity contribution in [3.05, 3.63) is 41.4 Å². The zero-order valence-electron chi connectivity index (χ0n) is 14.6. The number of rotatable bonds is 6. The van der Waals surface area contributed by atoms with Crippen molar-refractivity contribution >= 4 is 35.1 Å². The van der Waals surface area contributed by atoms with E-state index >= 15 is 0 Å². The number of thioether (sulfide) groups is 1. The van der Waals surface area contributed by atoms with E-state index < -0.39 is 0 Å². The highest BCUT2D eigenvalue weighted by molar-refractivity contribution is 7.99. The van der Waals surface area contributed by atoms with Gasteiger partial charge in [-0.15, -0.1) is 10.2 Å². The summed E-state index contributed by atoms with van der Waals surface area (Å²) in [6.45, 7) is 5.97. The fourth-order valence-corrected chi connectivity index (χ4v) is 3.38. The maximum atomic E-state index is 12.2. The molecule has 0 aromatic carbocycles. The second-order valence-corrected chi connectivity index (χ2v) is 7.24. The second-order valence-electron chi connectivity index (χ2n) is 5.86. The molecule has 3 rings (SSSR count). The fourth-order valence-electron chi connectivity index (χ4n) is 2.40. The van der Waals surface area contributed by atoms with Crippen LogP contribution in [-0.4, -0.2) is 31.4 Å². The summed E-state index contributed by atoms with van der Waals surface area (Å²) in [4.78, 5) is 16.2. The Morgan fingerprint density at radius 2 is 2.15 bits per heavy atom. The number of furan rings is 1. The van der Waals surface area contributed by atoms with Gasteiger partial charge in [-0.1, -0.05) is 23.4 Å². The molecule has 9 heteroatoms. The quantitative estimate of drug-likeness (QED) is 0.633. The molecule has 0 aliphatic carbocycles. The van der Waals surface area contributed by atoms with Gasteiger partial charge in [-0.05, 0) is 39.0 Å². The average molecular weight is 392 g/mol. The number of aromatic nitrogens is 4. The van der Waals surface area contributed by atoms with Crippen molar-refractivity contribution in [3.8, 4) is 11.4 Å². The van der Waals surface area contributed by atoms with Crippen LogP contribution in [0.15, 0.2) is 40.2 Å². The summed E-state index contributed by atoms with van der Waals surface area (Å²) in [5, 5.41) is 12.5. The molecule has 7 nitrogen and oxygen atoms in total.